The Balaban J connectivity index is 1.98. The summed E-state index contributed by atoms with van der Waals surface area (Å²) in [6.45, 7) is 2.56. The highest BCUT2D eigenvalue weighted by Crippen LogP contribution is 2.39. The Morgan fingerprint density at radius 1 is 1.09 bits per heavy atom. The number of hydrogen-bond acceptors (Lipinski definition) is 3. The molecule has 1 heterocycles. The van der Waals surface area contributed by atoms with E-state index in [9.17, 15) is 10.1 Å². The van der Waals surface area contributed by atoms with Gasteiger partial charge in [0.15, 0.2) is 6.10 Å². The number of ether oxygens (including phenoxy) is 1. The minimum absolute atomic E-state index is 0.117. The van der Waals surface area contributed by atoms with Crippen LogP contribution in [0.3, 0.4) is 0 Å². The smallest absolute Gasteiger partial charge is 0.249 e. The van der Waals surface area contributed by atoms with Crippen molar-refractivity contribution in [1.82, 2.24) is 0 Å². The molecule has 0 saturated carbocycles. The van der Waals surface area contributed by atoms with E-state index >= 15 is 0 Å². The molecule has 4 nitrogen and oxygen atoms in total. The van der Waals surface area contributed by atoms with E-state index < -0.39 is 12.1 Å². The van der Waals surface area contributed by atoms with Crippen molar-refractivity contribution in [3.63, 3.8) is 0 Å². The highest BCUT2D eigenvalue weighted by atomic mass is 16.6. The second-order valence-electron chi connectivity index (χ2n) is 5.79. The number of nitro groups is 1. The Labute approximate surface area is 129 Å². The maximum Gasteiger partial charge on any atom is 0.249 e. The lowest BCUT2D eigenvalue weighted by Crippen LogP contribution is -2.39. The zero-order chi connectivity index (χ0) is 15.5. The summed E-state index contributed by atoms with van der Waals surface area (Å²) in [5.74, 6) is -0.117. The first kappa shape index (κ1) is 14.7. The van der Waals surface area contributed by atoms with Crippen LogP contribution in [-0.2, 0) is 4.74 Å². The normalized spacial score (nSPS) is 24.9. The summed E-state index contributed by atoms with van der Waals surface area (Å²) in [6, 6.07) is 16.8. The van der Waals surface area contributed by atoms with Gasteiger partial charge in [-0.15, -0.1) is 0 Å². The molecule has 3 rings (SSSR count). The van der Waals surface area contributed by atoms with Crippen LogP contribution in [-0.4, -0.2) is 17.6 Å². The van der Waals surface area contributed by atoms with Crippen LogP contribution in [0.2, 0.25) is 0 Å². The summed E-state index contributed by atoms with van der Waals surface area (Å²) in [7, 11) is 0. The quantitative estimate of drug-likeness (QED) is 0.638. The highest BCUT2D eigenvalue weighted by Gasteiger charge is 2.44. The number of rotatable bonds is 3. The third kappa shape index (κ3) is 2.88. The molecule has 3 atom stereocenters. The van der Waals surface area contributed by atoms with E-state index in [-0.39, 0.29) is 10.8 Å². The number of benzene rings is 2. The number of aryl methyl sites for hydroxylation is 1. The van der Waals surface area contributed by atoms with E-state index in [1.165, 1.54) is 0 Å². The van der Waals surface area contributed by atoms with Crippen molar-refractivity contribution in [2.75, 3.05) is 6.61 Å². The maximum atomic E-state index is 11.7. The van der Waals surface area contributed by atoms with Crippen LogP contribution in [0.5, 0.6) is 0 Å². The lowest BCUT2D eigenvalue weighted by Gasteiger charge is -2.33. The van der Waals surface area contributed by atoms with Crippen LogP contribution in [0.15, 0.2) is 54.6 Å². The van der Waals surface area contributed by atoms with Crippen LogP contribution in [0.1, 0.15) is 35.1 Å². The molecule has 1 aliphatic heterocycles. The largest absolute Gasteiger partial charge is 0.366 e. The Hall–Kier alpha value is -2.20. The van der Waals surface area contributed by atoms with Crippen molar-refractivity contribution in [2.45, 2.75) is 31.4 Å². The molecule has 114 valence electrons. The van der Waals surface area contributed by atoms with E-state index in [0.29, 0.717) is 13.0 Å². The minimum Gasteiger partial charge on any atom is -0.366 e. The summed E-state index contributed by atoms with van der Waals surface area (Å²) in [5.41, 5.74) is 3.04. The molecule has 4 heteroatoms. The van der Waals surface area contributed by atoms with Gasteiger partial charge in [-0.1, -0.05) is 60.2 Å². The topological polar surface area (TPSA) is 52.4 Å². The van der Waals surface area contributed by atoms with Crippen molar-refractivity contribution < 1.29 is 9.66 Å². The molecule has 1 fully saturated rings. The third-order valence-electron chi connectivity index (χ3n) is 4.29. The van der Waals surface area contributed by atoms with Gasteiger partial charge < -0.3 is 4.74 Å². The van der Waals surface area contributed by atoms with Crippen molar-refractivity contribution in [3.05, 3.63) is 81.4 Å². The van der Waals surface area contributed by atoms with Crippen LogP contribution in [0.4, 0.5) is 0 Å². The van der Waals surface area contributed by atoms with Crippen LogP contribution >= 0.6 is 0 Å². The van der Waals surface area contributed by atoms with E-state index in [4.69, 9.17) is 4.74 Å². The molecule has 0 aromatic heterocycles. The summed E-state index contributed by atoms with van der Waals surface area (Å²) in [5, 5.41) is 11.7. The van der Waals surface area contributed by atoms with Gasteiger partial charge in [0.1, 0.15) is 0 Å². The molecule has 2 aromatic carbocycles. The first-order chi connectivity index (χ1) is 10.7. The van der Waals surface area contributed by atoms with E-state index in [1.807, 2.05) is 55.5 Å². The fourth-order valence-electron chi connectivity index (χ4n) is 3.26. The van der Waals surface area contributed by atoms with Crippen molar-refractivity contribution in [3.8, 4) is 0 Å². The van der Waals surface area contributed by atoms with Crippen molar-refractivity contribution in [2.24, 2.45) is 0 Å². The first-order valence-corrected chi connectivity index (χ1v) is 7.53. The molecule has 0 amide bonds. The van der Waals surface area contributed by atoms with Crippen LogP contribution in [0.25, 0.3) is 0 Å². The molecule has 1 saturated heterocycles. The van der Waals surface area contributed by atoms with Crippen LogP contribution in [0, 0.1) is 17.0 Å². The Bertz CT molecular complexity index is 656. The molecule has 2 aromatic rings. The molecular formula is C18H19NO3. The fraction of sp³-hybridized carbons (Fsp3) is 0.333. The van der Waals surface area contributed by atoms with Gasteiger partial charge in [-0.25, -0.2) is 0 Å². The second-order valence-corrected chi connectivity index (χ2v) is 5.79. The van der Waals surface area contributed by atoms with Gasteiger partial charge in [0.25, 0.3) is 0 Å². The SMILES string of the molecule is Cc1cccc([C@H]2CCO[C@@H](c3ccccc3)[C@H]2[N+](=O)[O-])c1. The van der Waals surface area contributed by atoms with E-state index in [2.05, 4.69) is 6.07 Å². The molecule has 0 aliphatic carbocycles. The van der Waals surface area contributed by atoms with Gasteiger partial charge in [-0.3, -0.25) is 10.1 Å². The third-order valence-corrected chi connectivity index (χ3v) is 4.29. The summed E-state index contributed by atoms with van der Waals surface area (Å²) < 4.78 is 5.78. The Morgan fingerprint density at radius 3 is 2.50 bits per heavy atom. The average molecular weight is 297 g/mol. The average Bonchev–Trinajstić information content (AvgIpc) is 2.55. The van der Waals surface area contributed by atoms with Gasteiger partial charge >= 0.3 is 0 Å². The fourth-order valence-corrected chi connectivity index (χ4v) is 3.26. The molecule has 0 unspecified atom stereocenters. The van der Waals surface area contributed by atoms with E-state index in [1.54, 1.807) is 0 Å². The van der Waals surface area contributed by atoms with Crippen LogP contribution < -0.4 is 0 Å². The lowest BCUT2D eigenvalue weighted by molar-refractivity contribution is -0.546. The standard InChI is InChI=1S/C18H19NO3/c1-13-6-5-9-15(12-13)16-10-11-22-18(17(16)19(20)21)14-7-3-2-4-8-14/h2-9,12,16-18H,10-11H2,1H3/t16-,17+,18+/m1/s1. The zero-order valence-electron chi connectivity index (χ0n) is 12.5. The summed E-state index contributed by atoms with van der Waals surface area (Å²) in [4.78, 5) is 11.6. The predicted octanol–water partition coefficient (Wildman–Crippen LogP) is 3.89. The van der Waals surface area contributed by atoms with Gasteiger partial charge in [0.05, 0.1) is 5.92 Å². The lowest BCUT2D eigenvalue weighted by atomic mass is 9.82. The zero-order valence-corrected chi connectivity index (χ0v) is 12.5. The predicted molar refractivity (Wildman–Crippen MR) is 84.5 cm³/mol. The molecule has 22 heavy (non-hydrogen) atoms. The monoisotopic (exact) mass is 297 g/mol. The van der Waals surface area contributed by atoms with Gasteiger partial charge in [-0.2, -0.15) is 0 Å². The number of hydrogen-bond donors (Lipinski definition) is 0. The molecule has 0 N–H and O–H groups in total. The molecular weight excluding hydrogens is 278 g/mol. The molecule has 1 aliphatic rings. The summed E-state index contributed by atoms with van der Waals surface area (Å²) >= 11 is 0. The highest BCUT2D eigenvalue weighted by molar-refractivity contribution is 5.29. The summed E-state index contributed by atoms with van der Waals surface area (Å²) in [6.07, 6.45) is 0.189. The van der Waals surface area contributed by atoms with E-state index in [0.717, 1.165) is 16.7 Å². The van der Waals surface area contributed by atoms with Gasteiger partial charge in [0.2, 0.25) is 6.04 Å². The number of nitrogens with zero attached hydrogens (tertiary/aromatic N) is 1. The van der Waals surface area contributed by atoms with Gasteiger partial charge in [0, 0.05) is 11.5 Å². The Kier molecular flexibility index (Phi) is 4.20. The second kappa shape index (κ2) is 6.28. The van der Waals surface area contributed by atoms with Crippen molar-refractivity contribution >= 4 is 0 Å². The molecule has 0 radical (unpaired) electrons. The Morgan fingerprint density at radius 2 is 1.82 bits per heavy atom. The first-order valence-electron chi connectivity index (χ1n) is 7.53. The maximum absolute atomic E-state index is 11.7. The molecule has 0 spiro atoms. The minimum atomic E-state index is -0.752. The van der Waals surface area contributed by atoms with Crippen molar-refractivity contribution in [1.29, 1.82) is 0 Å². The molecule has 0 bridgehead atoms. The van der Waals surface area contributed by atoms with Gasteiger partial charge in [-0.05, 0) is 24.5 Å².